The number of amides is 1. The molecule has 38 heavy (non-hydrogen) atoms. The molecule has 0 fully saturated rings. The molecule has 0 aliphatic carbocycles. The van der Waals surface area contributed by atoms with Gasteiger partial charge in [0.05, 0.1) is 23.9 Å². The minimum Gasteiger partial charge on any atom is -0.493 e. The average molecular weight is 529 g/mol. The monoisotopic (exact) mass is 528 g/mol. The summed E-state index contributed by atoms with van der Waals surface area (Å²) in [6.45, 7) is 3.45. The molecule has 0 aliphatic heterocycles. The Morgan fingerprint density at radius 3 is 2.53 bits per heavy atom. The second kappa shape index (κ2) is 12.6. The molecule has 7 nitrogen and oxygen atoms in total. The molecule has 0 saturated heterocycles. The van der Waals surface area contributed by atoms with Crippen molar-refractivity contribution in [3.05, 3.63) is 113 Å². The number of hydrogen-bond acceptors (Lipinski definition) is 6. The lowest BCUT2D eigenvalue weighted by molar-refractivity contribution is -0.123. The molecule has 0 spiro atoms. The first kappa shape index (κ1) is 26.4. The van der Waals surface area contributed by atoms with Crippen molar-refractivity contribution in [2.24, 2.45) is 5.10 Å². The van der Waals surface area contributed by atoms with Crippen molar-refractivity contribution in [1.29, 1.82) is 0 Å². The minimum atomic E-state index is -0.606. The molecule has 0 atom stereocenters. The van der Waals surface area contributed by atoms with Gasteiger partial charge >= 0.3 is 5.97 Å². The zero-order valence-electron chi connectivity index (χ0n) is 20.6. The molecule has 1 amide bonds. The molecule has 0 saturated carbocycles. The van der Waals surface area contributed by atoms with Gasteiger partial charge in [-0.25, -0.2) is 10.2 Å². The molecular weight excluding hydrogens is 504 g/mol. The van der Waals surface area contributed by atoms with Gasteiger partial charge in [0.15, 0.2) is 18.1 Å². The molecule has 0 radical (unpaired) electrons. The number of esters is 1. The summed E-state index contributed by atoms with van der Waals surface area (Å²) in [5.41, 5.74) is 4.22. The van der Waals surface area contributed by atoms with Gasteiger partial charge in [-0.1, -0.05) is 66.2 Å². The van der Waals surface area contributed by atoms with Crippen LogP contribution in [-0.4, -0.2) is 31.8 Å². The standard InChI is InChI=1S/C30H25ClN2O5/c1-3-8-20-13-15-27(28(17-20)36-2)37-19-29(34)33-32-18-24-22-10-5-4-9-21(22)14-16-26(24)38-30(35)23-11-6-7-12-25(23)31/h3-7,9-18H,1,8,19H2,2H3,(H,33,34)/b32-18+. The Morgan fingerprint density at radius 1 is 0.974 bits per heavy atom. The highest BCUT2D eigenvalue weighted by Crippen LogP contribution is 2.29. The molecule has 4 rings (SSSR count). The summed E-state index contributed by atoms with van der Waals surface area (Å²) >= 11 is 6.16. The number of nitrogens with zero attached hydrogens (tertiary/aromatic N) is 1. The van der Waals surface area contributed by atoms with Crippen LogP contribution in [0, 0.1) is 0 Å². The highest BCUT2D eigenvalue weighted by atomic mass is 35.5. The second-order valence-electron chi connectivity index (χ2n) is 8.13. The number of nitrogens with one attached hydrogen (secondary N) is 1. The topological polar surface area (TPSA) is 86.2 Å². The summed E-state index contributed by atoms with van der Waals surface area (Å²) < 4.78 is 16.6. The number of fused-ring (bicyclic) bond motifs is 1. The van der Waals surface area contributed by atoms with E-state index in [1.54, 1.807) is 42.5 Å². The van der Waals surface area contributed by atoms with Gasteiger partial charge in [0, 0.05) is 5.56 Å². The van der Waals surface area contributed by atoms with Crippen molar-refractivity contribution < 1.29 is 23.8 Å². The number of methoxy groups -OCH3 is 1. The number of ether oxygens (including phenoxy) is 3. The van der Waals surface area contributed by atoms with E-state index in [9.17, 15) is 9.59 Å². The fourth-order valence-electron chi connectivity index (χ4n) is 3.75. The van der Waals surface area contributed by atoms with E-state index in [0.717, 1.165) is 16.3 Å². The lowest BCUT2D eigenvalue weighted by Crippen LogP contribution is -2.24. The van der Waals surface area contributed by atoms with Crippen LogP contribution < -0.4 is 19.6 Å². The Morgan fingerprint density at radius 2 is 1.74 bits per heavy atom. The van der Waals surface area contributed by atoms with Gasteiger partial charge in [0.25, 0.3) is 5.91 Å². The first-order chi connectivity index (χ1) is 18.5. The van der Waals surface area contributed by atoms with Crippen LogP contribution in [0.1, 0.15) is 21.5 Å². The number of rotatable bonds is 10. The number of benzene rings is 4. The van der Waals surface area contributed by atoms with Gasteiger partial charge in [0.1, 0.15) is 5.75 Å². The zero-order chi connectivity index (χ0) is 26.9. The third-order valence-electron chi connectivity index (χ3n) is 5.58. The lowest BCUT2D eigenvalue weighted by atomic mass is 10.0. The third-order valence-corrected chi connectivity index (χ3v) is 5.91. The fourth-order valence-corrected chi connectivity index (χ4v) is 3.96. The molecule has 0 aliphatic rings. The van der Waals surface area contributed by atoms with E-state index in [4.69, 9.17) is 25.8 Å². The number of halogens is 1. The molecule has 4 aromatic carbocycles. The van der Waals surface area contributed by atoms with Crippen LogP contribution >= 0.6 is 11.6 Å². The Labute approximate surface area is 225 Å². The van der Waals surface area contributed by atoms with Crippen LogP contribution in [-0.2, 0) is 11.2 Å². The van der Waals surface area contributed by atoms with E-state index in [1.165, 1.54) is 13.3 Å². The van der Waals surface area contributed by atoms with Crippen LogP contribution in [0.25, 0.3) is 10.8 Å². The molecule has 4 aromatic rings. The first-order valence-corrected chi connectivity index (χ1v) is 12.1. The van der Waals surface area contributed by atoms with Crippen molar-refractivity contribution in [2.45, 2.75) is 6.42 Å². The number of carbonyl (C=O) groups excluding carboxylic acids is 2. The predicted octanol–water partition coefficient (Wildman–Crippen LogP) is 5.98. The fraction of sp³-hybridized carbons (Fsp3) is 0.100. The van der Waals surface area contributed by atoms with Gasteiger partial charge in [0.2, 0.25) is 0 Å². The Hall–Kier alpha value is -4.62. The summed E-state index contributed by atoms with van der Waals surface area (Å²) in [4.78, 5) is 25.2. The largest absolute Gasteiger partial charge is 0.493 e. The second-order valence-corrected chi connectivity index (χ2v) is 8.53. The van der Waals surface area contributed by atoms with Crippen molar-refractivity contribution in [3.8, 4) is 17.2 Å². The van der Waals surface area contributed by atoms with Crippen LogP contribution in [0.5, 0.6) is 17.2 Å². The average Bonchev–Trinajstić information content (AvgIpc) is 2.93. The maximum Gasteiger partial charge on any atom is 0.345 e. The summed E-state index contributed by atoms with van der Waals surface area (Å²) in [5.74, 6) is 0.134. The highest BCUT2D eigenvalue weighted by Gasteiger charge is 2.16. The Balaban J connectivity index is 1.48. The highest BCUT2D eigenvalue weighted by molar-refractivity contribution is 6.33. The Kier molecular flexibility index (Phi) is 8.74. The van der Waals surface area contributed by atoms with Gasteiger partial charge in [-0.2, -0.15) is 5.10 Å². The maximum atomic E-state index is 12.8. The Bertz CT molecular complexity index is 1520. The van der Waals surface area contributed by atoms with E-state index in [1.807, 2.05) is 42.5 Å². The molecule has 1 N–H and O–H groups in total. The zero-order valence-corrected chi connectivity index (χ0v) is 21.4. The van der Waals surface area contributed by atoms with Crippen molar-refractivity contribution in [1.82, 2.24) is 5.43 Å². The number of allylic oxidation sites excluding steroid dienone is 1. The van der Waals surface area contributed by atoms with Gasteiger partial charge in [-0.05, 0) is 53.1 Å². The number of carbonyl (C=O) groups is 2. The molecule has 8 heteroatoms. The van der Waals surface area contributed by atoms with E-state index in [2.05, 4.69) is 17.1 Å². The molecule has 192 valence electrons. The lowest BCUT2D eigenvalue weighted by Gasteiger charge is -2.12. The van der Waals surface area contributed by atoms with E-state index < -0.39 is 11.9 Å². The predicted molar refractivity (Wildman–Crippen MR) is 148 cm³/mol. The van der Waals surface area contributed by atoms with Crippen molar-refractivity contribution >= 4 is 40.5 Å². The molecule has 0 unspecified atom stereocenters. The van der Waals surface area contributed by atoms with Gasteiger partial charge in [-0.3, -0.25) is 4.79 Å². The minimum absolute atomic E-state index is 0.239. The SMILES string of the molecule is C=CCc1ccc(OCC(=O)N/N=C/c2c(OC(=O)c3ccccc3Cl)ccc3ccccc23)c(OC)c1. The molecule has 0 bridgehead atoms. The summed E-state index contributed by atoms with van der Waals surface area (Å²) in [7, 11) is 1.53. The van der Waals surface area contributed by atoms with E-state index in [-0.39, 0.29) is 22.9 Å². The van der Waals surface area contributed by atoms with Crippen molar-refractivity contribution in [2.75, 3.05) is 13.7 Å². The van der Waals surface area contributed by atoms with Crippen LogP contribution in [0.4, 0.5) is 0 Å². The maximum absolute atomic E-state index is 12.8. The molecular formula is C30H25ClN2O5. The van der Waals surface area contributed by atoms with Gasteiger partial charge < -0.3 is 14.2 Å². The normalized spacial score (nSPS) is 10.8. The van der Waals surface area contributed by atoms with E-state index >= 15 is 0 Å². The summed E-state index contributed by atoms with van der Waals surface area (Å²) in [5, 5.41) is 6.06. The third kappa shape index (κ3) is 6.38. The number of hydrazone groups is 1. The van der Waals surface area contributed by atoms with Gasteiger partial charge in [-0.15, -0.1) is 6.58 Å². The van der Waals surface area contributed by atoms with Crippen molar-refractivity contribution in [3.63, 3.8) is 0 Å². The summed E-state index contributed by atoms with van der Waals surface area (Å²) in [6, 6.07) is 23.1. The van der Waals surface area contributed by atoms with Crippen LogP contribution in [0.2, 0.25) is 5.02 Å². The van der Waals surface area contributed by atoms with Crippen LogP contribution in [0.3, 0.4) is 0 Å². The molecule has 0 aromatic heterocycles. The molecule has 0 heterocycles. The smallest absolute Gasteiger partial charge is 0.345 e. The number of hydrogen-bond donors (Lipinski definition) is 1. The summed E-state index contributed by atoms with van der Waals surface area (Å²) in [6.07, 6.45) is 3.91. The van der Waals surface area contributed by atoms with E-state index in [0.29, 0.717) is 23.5 Å². The first-order valence-electron chi connectivity index (χ1n) is 11.7. The van der Waals surface area contributed by atoms with Crippen LogP contribution in [0.15, 0.2) is 96.6 Å². The quantitative estimate of drug-likeness (QED) is 0.0899.